The summed E-state index contributed by atoms with van der Waals surface area (Å²) >= 11 is 0. The Morgan fingerprint density at radius 2 is 2.04 bits per heavy atom. The number of benzene rings is 1. The van der Waals surface area contributed by atoms with Gasteiger partial charge in [0.2, 0.25) is 0 Å². The molecule has 0 unspecified atom stereocenters. The number of ether oxygens (including phenoxy) is 1. The van der Waals surface area contributed by atoms with E-state index in [9.17, 15) is 0 Å². The van der Waals surface area contributed by atoms with Gasteiger partial charge in [0.05, 0.1) is 12.6 Å². The molecule has 26 heavy (non-hydrogen) atoms. The molecule has 0 bridgehead atoms. The molecule has 0 aliphatic rings. The number of hydrogen-bond acceptors (Lipinski definition) is 6. The van der Waals surface area contributed by atoms with Crippen LogP contribution in [0.4, 0.5) is 0 Å². The van der Waals surface area contributed by atoms with Crippen LogP contribution in [0.3, 0.4) is 0 Å². The maximum absolute atomic E-state index is 5.44. The van der Waals surface area contributed by atoms with Gasteiger partial charge < -0.3 is 18.8 Å². The van der Waals surface area contributed by atoms with Crippen LogP contribution in [0, 0.1) is 13.8 Å². The average Bonchev–Trinajstić information content (AvgIpc) is 3.34. The number of rotatable bonds is 5. The summed E-state index contributed by atoms with van der Waals surface area (Å²) in [6.07, 6.45) is 1.34. The Balaban J connectivity index is 1.59. The van der Waals surface area contributed by atoms with Crippen molar-refractivity contribution in [2.45, 2.75) is 26.7 Å². The highest BCUT2D eigenvalue weighted by atomic mass is 16.5. The van der Waals surface area contributed by atoms with Gasteiger partial charge in [0.15, 0.2) is 5.82 Å². The number of nitrogens with one attached hydrogen (secondary N) is 1. The first kappa shape index (κ1) is 16.3. The third-order valence-electron chi connectivity index (χ3n) is 4.64. The van der Waals surface area contributed by atoms with Crippen molar-refractivity contribution in [3.63, 3.8) is 0 Å². The lowest BCUT2D eigenvalue weighted by molar-refractivity contribution is 0.419. The molecular formula is C18H20N6O2. The van der Waals surface area contributed by atoms with Crippen molar-refractivity contribution in [3.05, 3.63) is 41.2 Å². The molecule has 0 fully saturated rings. The van der Waals surface area contributed by atoms with Crippen molar-refractivity contribution >= 4 is 10.9 Å². The molecule has 0 atom stereocenters. The van der Waals surface area contributed by atoms with Crippen LogP contribution in [0.25, 0.3) is 22.5 Å². The molecule has 8 nitrogen and oxygen atoms in total. The van der Waals surface area contributed by atoms with E-state index in [0.29, 0.717) is 24.6 Å². The number of methoxy groups -OCH3 is 1. The molecule has 1 N–H and O–H groups in total. The summed E-state index contributed by atoms with van der Waals surface area (Å²) in [7, 11) is 3.61. The van der Waals surface area contributed by atoms with Gasteiger partial charge in [-0.25, -0.2) is 0 Å². The van der Waals surface area contributed by atoms with Gasteiger partial charge in [-0.05, 0) is 31.5 Å². The molecule has 0 amide bonds. The van der Waals surface area contributed by atoms with Crippen LogP contribution in [0.1, 0.15) is 23.0 Å². The number of nitrogens with zero attached hydrogens (tertiary/aromatic N) is 5. The third-order valence-corrected chi connectivity index (χ3v) is 4.64. The van der Waals surface area contributed by atoms with Gasteiger partial charge in [0.1, 0.15) is 23.1 Å². The van der Waals surface area contributed by atoms with Crippen LogP contribution >= 0.6 is 0 Å². The quantitative estimate of drug-likeness (QED) is 0.593. The lowest BCUT2D eigenvalue weighted by atomic mass is 10.1. The Labute approximate surface area is 150 Å². The zero-order valence-electron chi connectivity index (χ0n) is 15.2. The van der Waals surface area contributed by atoms with E-state index in [4.69, 9.17) is 9.26 Å². The molecule has 0 aliphatic heterocycles. The molecule has 8 heteroatoms. The van der Waals surface area contributed by atoms with Gasteiger partial charge >= 0.3 is 0 Å². The fraction of sp³-hybridized carbons (Fsp3) is 0.333. The minimum absolute atomic E-state index is 0.465. The number of H-pyrrole nitrogens is 1. The van der Waals surface area contributed by atoms with Crippen molar-refractivity contribution in [2.24, 2.45) is 7.05 Å². The molecule has 0 radical (unpaired) electrons. The molecule has 0 spiro atoms. The predicted molar refractivity (Wildman–Crippen MR) is 96.0 cm³/mol. The second-order valence-electron chi connectivity index (χ2n) is 6.29. The Morgan fingerprint density at radius 1 is 1.19 bits per heavy atom. The standard InChI is InChI=1S/C18H20N6O2/c1-10-5-6-14(25-4)12-9-13(19-17(10)12)18-20-15(23-26-18)7-8-16-22-21-11(2)24(16)3/h5-6,9,19H,7-8H2,1-4H3. The summed E-state index contributed by atoms with van der Waals surface area (Å²) in [5.41, 5.74) is 2.92. The van der Waals surface area contributed by atoms with Gasteiger partial charge in [0.25, 0.3) is 5.89 Å². The predicted octanol–water partition coefficient (Wildman–Crippen LogP) is 2.76. The number of aromatic nitrogens is 6. The van der Waals surface area contributed by atoms with E-state index in [1.54, 1.807) is 7.11 Å². The number of aryl methyl sites for hydroxylation is 4. The fourth-order valence-electron chi connectivity index (χ4n) is 2.98. The molecule has 0 aliphatic carbocycles. The van der Waals surface area contributed by atoms with Crippen molar-refractivity contribution in [1.82, 2.24) is 29.9 Å². The summed E-state index contributed by atoms with van der Waals surface area (Å²) in [5.74, 6) is 3.70. The largest absolute Gasteiger partial charge is 0.496 e. The van der Waals surface area contributed by atoms with E-state index < -0.39 is 0 Å². The maximum atomic E-state index is 5.44. The van der Waals surface area contributed by atoms with Gasteiger partial charge in [0, 0.05) is 25.3 Å². The minimum atomic E-state index is 0.465. The van der Waals surface area contributed by atoms with Crippen LogP contribution in [0.2, 0.25) is 0 Å². The van der Waals surface area contributed by atoms with E-state index in [2.05, 4.69) is 25.3 Å². The normalized spacial score (nSPS) is 11.4. The van der Waals surface area contributed by atoms with Gasteiger partial charge in [-0.15, -0.1) is 10.2 Å². The van der Waals surface area contributed by atoms with Crippen LogP contribution in [0.5, 0.6) is 5.75 Å². The second-order valence-corrected chi connectivity index (χ2v) is 6.29. The topological polar surface area (TPSA) is 94.7 Å². The lowest BCUT2D eigenvalue weighted by Crippen LogP contribution is -2.02. The summed E-state index contributed by atoms with van der Waals surface area (Å²) in [6, 6.07) is 5.95. The Hall–Kier alpha value is -3.16. The highest BCUT2D eigenvalue weighted by Crippen LogP contribution is 2.32. The van der Waals surface area contributed by atoms with E-state index in [0.717, 1.165) is 39.6 Å². The monoisotopic (exact) mass is 352 g/mol. The van der Waals surface area contributed by atoms with Crippen LogP contribution < -0.4 is 4.74 Å². The third kappa shape index (κ3) is 2.73. The first-order chi connectivity index (χ1) is 12.6. The van der Waals surface area contributed by atoms with Crippen molar-refractivity contribution in [1.29, 1.82) is 0 Å². The van der Waals surface area contributed by atoms with Crippen molar-refractivity contribution in [3.8, 4) is 17.3 Å². The smallest absolute Gasteiger partial charge is 0.274 e. The molecule has 0 saturated heterocycles. The Kier molecular flexibility index (Phi) is 3.95. The summed E-state index contributed by atoms with van der Waals surface area (Å²) in [4.78, 5) is 7.86. The minimum Gasteiger partial charge on any atom is -0.496 e. The first-order valence-corrected chi connectivity index (χ1v) is 8.41. The summed E-state index contributed by atoms with van der Waals surface area (Å²) < 4.78 is 12.8. The van der Waals surface area contributed by atoms with E-state index in [1.807, 2.05) is 43.7 Å². The maximum Gasteiger partial charge on any atom is 0.274 e. The average molecular weight is 352 g/mol. The van der Waals surface area contributed by atoms with Crippen LogP contribution in [0.15, 0.2) is 22.7 Å². The molecule has 1 aromatic carbocycles. The second kappa shape index (κ2) is 6.29. The SMILES string of the molecule is COc1ccc(C)c2[nH]c(-c3nc(CCc4nnc(C)n4C)no3)cc12. The molecule has 4 aromatic rings. The Bertz CT molecular complexity index is 1070. The van der Waals surface area contributed by atoms with E-state index in [-0.39, 0.29) is 0 Å². The number of aromatic amines is 1. The van der Waals surface area contributed by atoms with Gasteiger partial charge in [-0.2, -0.15) is 4.98 Å². The fourth-order valence-corrected chi connectivity index (χ4v) is 2.98. The molecule has 134 valence electrons. The van der Waals surface area contributed by atoms with E-state index in [1.165, 1.54) is 0 Å². The molecule has 4 rings (SSSR count). The molecule has 0 saturated carbocycles. The highest BCUT2D eigenvalue weighted by molar-refractivity contribution is 5.92. The first-order valence-electron chi connectivity index (χ1n) is 8.41. The number of fused-ring (bicyclic) bond motifs is 1. The molecule has 3 aromatic heterocycles. The zero-order chi connectivity index (χ0) is 18.3. The Morgan fingerprint density at radius 3 is 2.77 bits per heavy atom. The van der Waals surface area contributed by atoms with Crippen molar-refractivity contribution in [2.75, 3.05) is 7.11 Å². The highest BCUT2D eigenvalue weighted by Gasteiger charge is 2.15. The van der Waals surface area contributed by atoms with Crippen LogP contribution in [-0.4, -0.2) is 37.0 Å². The van der Waals surface area contributed by atoms with Crippen LogP contribution in [-0.2, 0) is 19.9 Å². The zero-order valence-corrected chi connectivity index (χ0v) is 15.2. The summed E-state index contributed by atoms with van der Waals surface area (Å²) in [6.45, 7) is 3.97. The van der Waals surface area contributed by atoms with Gasteiger partial charge in [-0.3, -0.25) is 0 Å². The summed E-state index contributed by atoms with van der Waals surface area (Å²) in [5, 5.41) is 13.3. The van der Waals surface area contributed by atoms with Gasteiger partial charge in [-0.1, -0.05) is 11.2 Å². The molecule has 3 heterocycles. The molecular weight excluding hydrogens is 332 g/mol. The van der Waals surface area contributed by atoms with E-state index >= 15 is 0 Å². The number of hydrogen-bond donors (Lipinski definition) is 1. The van der Waals surface area contributed by atoms with Crippen molar-refractivity contribution < 1.29 is 9.26 Å². The lowest BCUT2D eigenvalue weighted by Gasteiger charge is -2.02.